The Morgan fingerprint density at radius 1 is 1.29 bits per heavy atom. The van der Waals surface area contributed by atoms with Crippen LogP contribution in [0.2, 0.25) is 0 Å². The van der Waals surface area contributed by atoms with Crippen molar-refractivity contribution in [1.29, 1.82) is 0 Å². The van der Waals surface area contributed by atoms with Crippen LogP contribution in [-0.4, -0.2) is 48.1 Å². The summed E-state index contributed by atoms with van der Waals surface area (Å²) in [6.45, 7) is 1.88. The molecule has 31 heavy (non-hydrogen) atoms. The number of halogens is 1. The number of hydrogen-bond donors (Lipinski definition) is 3. The average Bonchev–Trinajstić information content (AvgIpc) is 2.71. The quantitative estimate of drug-likeness (QED) is 0.626. The van der Waals surface area contributed by atoms with E-state index in [9.17, 15) is 14.0 Å². The molecule has 162 valence electrons. The molecule has 1 aromatic carbocycles. The van der Waals surface area contributed by atoms with E-state index in [4.69, 9.17) is 17.2 Å². The van der Waals surface area contributed by atoms with Gasteiger partial charge >= 0.3 is 0 Å². The van der Waals surface area contributed by atoms with E-state index in [0.717, 1.165) is 0 Å². The molecule has 2 amide bonds. The largest absolute Gasteiger partial charge is 0.400 e. The van der Waals surface area contributed by atoms with Crippen LogP contribution in [0.15, 0.2) is 41.2 Å². The Morgan fingerprint density at radius 2 is 2.00 bits per heavy atom. The number of aromatic nitrogens is 1. The maximum absolute atomic E-state index is 14.0. The number of nitrogens with zero attached hydrogens (tertiary/aromatic N) is 3. The molecule has 6 N–H and O–H groups in total. The number of fused-ring (bicyclic) bond motifs is 3. The second kappa shape index (κ2) is 8.55. The van der Waals surface area contributed by atoms with Gasteiger partial charge < -0.3 is 22.1 Å². The summed E-state index contributed by atoms with van der Waals surface area (Å²) in [5.41, 5.74) is 20.6. The van der Waals surface area contributed by atoms with Gasteiger partial charge in [-0.05, 0) is 47.7 Å². The number of carbonyl (C=O) groups excluding carboxylic acids is 2. The van der Waals surface area contributed by atoms with E-state index in [0.29, 0.717) is 40.1 Å². The normalized spacial score (nSPS) is 20.0. The SMILES string of the molecule is CN=C(C(N)=O)/C1=C(\N)CN(C)C(=O)c2ccc(F)cc2C(C)Cc2cc1cnc2N. The monoisotopic (exact) mass is 424 g/mol. The standard InChI is InChI=1S/C22H25FN6O2/c1-11-6-12-7-13(9-28-20(12)25)18(19(27-2)21(26)30)17(24)10-29(3)22(31)15-5-4-14(23)8-16(11)15/h4-5,7-9,11H,6,10,24H2,1-3H3,(H2,25,28)(H2,26,30)/b18-17-,27-19?. The van der Waals surface area contributed by atoms with Gasteiger partial charge in [0.05, 0.1) is 6.54 Å². The van der Waals surface area contributed by atoms with Crippen LogP contribution in [-0.2, 0) is 11.2 Å². The highest BCUT2D eigenvalue weighted by molar-refractivity contribution is 6.55. The fraction of sp³-hybridized carbons (Fsp3) is 0.273. The number of carbonyl (C=O) groups is 2. The summed E-state index contributed by atoms with van der Waals surface area (Å²) in [5.74, 6) is -1.45. The molecule has 0 spiro atoms. The van der Waals surface area contributed by atoms with Crippen molar-refractivity contribution in [2.45, 2.75) is 19.3 Å². The lowest BCUT2D eigenvalue weighted by molar-refractivity contribution is -0.111. The van der Waals surface area contributed by atoms with E-state index < -0.39 is 11.7 Å². The van der Waals surface area contributed by atoms with Crippen LogP contribution in [0.3, 0.4) is 0 Å². The lowest BCUT2D eigenvalue weighted by Crippen LogP contribution is -2.34. The molecule has 2 aromatic rings. The highest BCUT2D eigenvalue weighted by Crippen LogP contribution is 2.30. The van der Waals surface area contributed by atoms with Crippen molar-refractivity contribution in [3.05, 3.63) is 64.2 Å². The Morgan fingerprint density at radius 3 is 2.65 bits per heavy atom. The lowest BCUT2D eigenvalue weighted by atomic mass is 9.88. The van der Waals surface area contributed by atoms with Gasteiger partial charge in [-0.15, -0.1) is 0 Å². The van der Waals surface area contributed by atoms with Crippen molar-refractivity contribution in [3.8, 4) is 0 Å². The average molecular weight is 424 g/mol. The summed E-state index contributed by atoms with van der Waals surface area (Å²) in [4.78, 5) is 34.9. The van der Waals surface area contributed by atoms with E-state index in [1.54, 1.807) is 13.1 Å². The van der Waals surface area contributed by atoms with Crippen LogP contribution in [0.4, 0.5) is 10.2 Å². The first kappa shape index (κ1) is 21.9. The molecular weight excluding hydrogens is 399 g/mol. The Labute approximate surface area is 179 Å². The van der Waals surface area contributed by atoms with Crippen LogP contribution in [0.25, 0.3) is 5.57 Å². The first-order chi connectivity index (χ1) is 14.6. The second-order valence-corrected chi connectivity index (χ2v) is 7.60. The Kier molecular flexibility index (Phi) is 6.05. The van der Waals surface area contributed by atoms with Crippen LogP contribution in [0.1, 0.15) is 39.9 Å². The topological polar surface area (TPSA) is 141 Å². The summed E-state index contributed by atoms with van der Waals surface area (Å²) in [6.07, 6.45) is 1.88. The number of pyridine rings is 1. The third-order valence-corrected chi connectivity index (χ3v) is 5.36. The minimum Gasteiger partial charge on any atom is -0.400 e. The molecular formula is C22H25FN6O2. The van der Waals surface area contributed by atoms with E-state index in [1.807, 2.05) is 6.92 Å². The smallest absolute Gasteiger partial charge is 0.267 e. The zero-order chi connectivity index (χ0) is 22.9. The molecule has 3 rings (SSSR count). The summed E-state index contributed by atoms with van der Waals surface area (Å²) in [5, 5.41) is 0. The molecule has 1 aliphatic heterocycles. The zero-order valence-electron chi connectivity index (χ0n) is 17.6. The van der Waals surface area contributed by atoms with Crippen molar-refractivity contribution >= 4 is 28.9 Å². The fourth-order valence-electron chi connectivity index (χ4n) is 3.83. The number of primary amides is 1. The van der Waals surface area contributed by atoms with Crippen molar-refractivity contribution in [1.82, 2.24) is 9.88 Å². The highest BCUT2D eigenvalue weighted by atomic mass is 19.1. The Balaban J connectivity index is 2.29. The van der Waals surface area contributed by atoms with Gasteiger partial charge in [-0.2, -0.15) is 0 Å². The molecule has 0 radical (unpaired) electrons. The molecule has 1 aromatic heterocycles. The number of aliphatic imine (C=N–C) groups is 1. The summed E-state index contributed by atoms with van der Waals surface area (Å²) < 4.78 is 14.0. The number of likely N-dealkylation sites (N-methyl/N-ethyl adjacent to an activating group) is 1. The van der Waals surface area contributed by atoms with Gasteiger partial charge in [-0.3, -0.25) is 14.6 Å². The van der Waals surface area contributed by atoms with Gasteiger partial charge in [-0.1, -0.05) is 6.92 Å². The van der Waals surface area contributed by atoms with Gasteiger partial charge in [0.1, 0.15) is 17.3 Å². The van der Waals surface area contributed by atoms with E-state index in [1.165, 1.54) is 36.3 Å². The number of anilines is 1. The van der Waals surface area contributed by atoms with Gasteiger partial charge in [0.25, 0.3) is 11.8 Å². The molecule has 0 saturated carbocycles. The van der Waals surface area contributed by atoms with Gasteiger partial charge in [0.2, 0.25) is 0 Å². The van der Waals surface area contributed by atoms with E-state index in [2.05, 4.69) is 9.98 Å². The number of hydrogen-bond acceptors (Lipinski definition) is 6. The molecule has 0 fully saturated rings. The maximum atomic E-state index is 14.0. The zero-order valence-corrected chi connectivity index (χ0v) is 17.6. The Bertz CT molecular complexity index is 1120. The second-order valence-electron chi connectivity index (χ2n) is 7.60. The summed E-state index contributed by atoms with van der Waals surface area (Å²) in [6, 6.07) is 5.86. The van der Waals surface area contributed by atoms with Crippen molar-refractivity contribution in [2.75, 3.05) is 26.4 Å². The van der Waals surface area contributed by atoms with Gasteiger partial charge in [-0.25, -0.2) is 9.37 Å². The fourth-order valence-corrected chi connectivity index (χ4v) is 3.83. The molecule has 9 heteroatoms. The molecule has 1 aliphatic rings. The third-order valence-electron chi connectivity index (χ3n) is 5.36. The number of rotatable bonds is 2. The van der Waals surface area contributed by atoms with Crippen molar-refractivity contribution in [2.24, 2.45) is 16.5 Å². The van der Waals surface area contributed by atoms with E-state index in [-0.39, 0.29) is 29.8 Å². The predicted molar refractivity (Wildman–Crippen MR) is 118 cm³/mol. The molecule has 2 heterocycles. The molecule has 0 aliphatic carbocycles. The molecule has 2 bridgehead atoms. The number of nitrogens with two attached hydrogens (primary N) is 3. The van der Waals surface area contributed by atoms with Crippen LogP contribution in [0.5, 0.6) is 0 Å². The van der Waals surface area contributed by atoms with Crippen molar-refractivity contribution in [3.63, 3.8) is 0 Å². The maximum Gasteiger partial charge on any atom is 0.267 e. The van der Waals surface area contributed by atoms with Crippen LogP contribution < -0.4 is 17.2 Å². The molecule has 1 atom stereocenters. The highest BCUT2D eigenvalue weighted by Gasteiger charge is 2.26. The minimum absolute atomic E-state index is 0.00856. The summed E-state index contributed by atoms with van der Waals surface area (Å²) in [7, 11) is 3.01. The van der Waals surface area contributed by atoms with Crippen LogP contribution in [0, 0.1) is 5.82 Å². The van der Waals surface area contributed by atoms with Gasteiger partial charge in [0, 0.05) is 42.7 Å². The Hall–Kier alpha value is -3.75. The number of nitrogen functional groups attached to an aromatic ring is 1. The first-order valence-corrected chi connectivity index (χ1v) is 9.69. The molecule has 1 unspecified atom stereocenters. The first-order valence-electron chi connectivity index (χ1n) is 9.69. The number of amides is 2. The van der Waals surface area contributed by atoms with Crippen molar-refractivity contribution < 1.29 is 14.0 Å². The summed E-state index contributed by atoms with van der Waals surface area (Å²) >= 11 is 0. The third kappa shape index (κ3) is 4.25. The van der Waals surface area contributed by atoms with E-state index >= 15 is 0 Å². The van der Waals surface area contributed by atoms with Crippen LogP contribution >= 0.6 is 0 Å². The molecule has 0 saturated heterocycles. The predicted octanol–water partition coefficient (Wildman–Crippen LogP) is 1.46. The lowest BCUT2D eigenvalue weighted by Gasteiger charge is -2.25. The minimum atomic E-state index is -0.755. The van der Waals surface area contributed by atoms with Gasteiger partial charge in [0.15, 0.2) is 0 Å². The number of benzene rings is 1. The molecule has 8 nitrogen and oxygen atoms in total.